The van der Waals surface area contributed by atoms with Crippen molar-refractivity contribution in [3.63, 3.8) is 0 Å². The highest BCUT2D eigenvalue weighted by atomic mass is 79.9. The Labute approximate surface area is 131 Å². The smallest absolute Gasteiger partial charge is 0.251 e. The van der Waals surface area contributed by atoms with E-state index in [1.165, 1.54) is 0 Å². The van der Waals surface area contributed by atoms with Crippen LogP contribution in [0.3, 0.4) is 0 Å². The van der Waals surface area contributed by atoms with Gasteiger partial charge in [-0.1, -0.05) is 39.7 Å². The summed E-state index contributed by atoms with van der Waals surface area (Å²) in [6.07, 6.45) is 0. The first-order valence-electron chi connectivity index (χ1n) is 6.10. The molecule has 0 heterocycles. The van der Waals surface area contributed by atoms with Crippen LogP contribution in [0.15, 0.2) is 46.9 Å². The second-order valence-corrected chi connectivity index (χ2v) is 5.58. The van der Waals surface area contributed by atoms with Gasteiger partial charge in [-0.25, -0.2) is 0 Å². The highest BCUT2D eigenvalue weighted by Gasteiger charge is 2.07. The Morgan fingerprint density at radius 3 is 2.75 bits per heavy atom. The summed E-state index contributed by atoms with van der Waals surface area (Å²) in [4.78, 5) is 11.6. The summed E-state index contributed by atoms with van der Waals surface area (Å²) >= 11 is 9.57. The Bertz CT molecular complexity index is 631. The quantitative estimate of drug-likeness (QED) is 0.870. The second kappa shape index (κ2) is 6.77. The Kier molecular flexibility index (Phi) is 5.04. The number of nitrogens with one attached hydrogen (secondary N) is 2. The van der Waals surface area contributed by atoms with Gasteiger partial charge in [0.15, 0.2) is 0 Å². The maximum absolute atomic E-state index is 11.6. The summed E-state index contributed by atoms with van der Waals surface area (Å²) in [5.74, 6) is -0.132. The van der Waals surface area contributed by atoms with E-state index in [2.05, 4.69) is 26.6 Å². The molecule has 20 heavy (non-hydrogen) atoms. The van der Waals surface area contributed by atoms with Gasteiger partial charge in [-0.05, 0) is 35.9 Å². The van der Waals surface area contributed by atoms with E-state index in [9.17, 15) is 4.79 Å². The highest BCUT2D eigenvalue weighted by Crippen LogP contribution is 2.24. The van der Waals surface area contributed by atoms with Crippen molar-refractivity contribution >= 4 is 39.1 Å². The SMILES string of the molecule is CNC(=O)c1ccc(Cl)c(NCc2cccc(Br)c2)c1. The second-order valence-electron chi connectivity index (χ2n) is 4.26. The fourth-order valence-electron chi connectivity index (χ4n) is 1.79. The predicted octanol–water partition coefficient (Wildman–Crippen LogP) is 4.07. The van der Waals surface area contributed by atoms with E-state index in [-0.39, 0.29) is 5.91 Å². The molecule has 0 aromatic heterocycles. The molecule has 2 rings (SSSR count). The summed E-state index contributed by atoms with van der Waals surface area (Å²) < 4.78 is 1.03. The molecular weight excluding hydrogens is 340 g/mol. The molecule has 3 nitrogen and oxygen atoms in total. The van der Waals surface area contributed by atoms with Gasteiger partial charge in [-0.2, -0.15) is 0 Å². The zero-order valence-electron chi connectivity index (χ0n) is 10.9. The molecule has 0 aliphatic rings. The first kappa shape index (κ1) is 14.9. The van der Waals surface area contributed by atoms with Gasteiger partial charge in [-0.3, -0.25) is 4.79 Å². The van der Waals surface area contributed by atoms with Crippen molar-refractivity contribution in [1.82, 2.24) is 5.32 Å². The minimum atomic E-state index is -0.132. The summed E-state index contributed by atoms with van der Waals surface area (Å²) in [5.41, 5.74) is 2.45. The molecule has 2 aromatic rings. The van der Waals surface area contributed by atoms with Crippen LogP contribution < -0.4 is 10.6 Å². The van der Waals surface area contributed by atoms with Gasteiger partial charge in [0, 0.05) is 23.6 Å². The molecule has 0 spiro atoms. The minimum Gasteiger partial charge on any atom is -0.380 e. The number of hydrogen-bond acceptors (Lipinski definition) is 2. The number of amides is 1. The zero-order valence-corrected chi connectivity index (χ0v) is 13.3. The molecule has 0 fully saturated rings. The average Bonchev–Trinajstić information content (AvgIpc) is 2.45. The van der Waals surface area contributed by atoms with Gasteiger partial charge in [0.05, 0.1) is 10.7 Å². The molecule has 2 aromatic carbocycles. The van der Waals surface area contributed by atoms with Crippen molar-refractivity contribution in [3.8, 4) is 0 Å². The molecule has 0 aliphatic heterocycles. The van der Waals surface area contributed by atoms with Gasteiger partial charge in [0.1, 0.15) is 0 Å². The van der Waals surface area contributed by atoms with Crippen LogP contribution in [-0.2, 0) is 6.54 Å². The zero-order chi connectivity index (χ0) is 14.5. The monoisotopic (exact) mass is 352 g/mol. The molecule has 1 amide bonds. The van der Waals surface area contributed by atoms with E-state index in [1.54, 1.807) is 25.2 Å². The molecule has 2 N–H and O–H groups in total. The summed E-state index contributed by atoms with van der Waals surface area (Å²) in [7, 11) is 1.60. The van der Waals surface area contributed by atoms with Gasteiger partial charge >= 0.3 is 0 Å². The molecule has 104 valence electrons. The van der Waals surface area contributed by atoms with Crippen LogP contribution in [-0.4, -0.2) is 13.0 Å². The Morgan fingerprint density at radius 1 is 1.25 bits per heavy atom. The normalized spacial score (nSPS) is 10.2. The maximum Gasteiger partial charge on any atom is 0.251 e. The summed E-state index contributed by atoms with van der Waals surface area (Å²) in [6.45, 7) is 0.635. The van der Waals surface area contributed by atoms with Crippen LogP contribution in [0.1, 0.15) is 15.9 Å². The Balaban J connectivity index is 2.14. The fourth-order valence-corrected chi connectivity index (χ4v) is 2.42. The molecule has 0 saturated heterocycles. The van der Waals surface area contributed by atoms with Crippen LogP contribution >= 0.6 is 27.5 Å². The number of halogens is 2. The van der Waals surface area contributed by atoms with Crippen LogP contribution in [0.25, 0.3) is 0 Å². The van der Waals surface area contributed by atoms with E-state index in [4.69, 9.17) is 11.6 Å². The van der Waals surface area contributed by atoms with Crippen molar-refractivity contribution in [3.05, 3.63) is 63.1 Å². The van der Waals surface area contributed by atoms with E-state index < -0.39 is 0 Å². The van der Waals surface area contributed by atoms with Crippen LogP contribution in [0.5, 0.6) is 0 Å². The lowest BCUT2D eigenvalue weighted by molar-refractivity contribution is 0.0963. The van der Waals surface area contributed by atoms with Crippen LogP contribution in [0.4, 0.5) is 5.69 Å². The van der Waals surface area contributed by atoms with E-state index in [0.717, 1.165) is 15.7 Å². The third kappa shape index (κ3) is 3.74. The Hall–Kier alpha value is -1.52. The first-order chi connectivity index (χ1) is 9.60. The van der Waals surface area contributed by atoms with Gasteiger partial charge < -0.3 is 10.6 Å². The van der Waals surface area contributed by atoms with Crippen molar-refractivity contribution < 1.29 is 4.79 Å². The third-order valence-electron chi connectivity index (χ3n) is 2.83. The molecule has 0 unspecified atom stereocenters. The van der Waals surface area contributed by atoms with Crippen LogP contribution in [0, 0.1) is 0 Å². The van der Waals surface area contributed by atoms with E-state index in [0.29, 0.717) is 17.1 Å². The topological polar surface area (TPSA) is 41.1 Å². The number of benzene rings is 2. The molecule has 0 atom stereocenters. The van der Waals surface area contributed by atoms with Gasteiger partial charge in [0.25, 0.3) is 5.91 Å². The number of carbonyl (C=O) groups is 1. The lowest BCUT2D eigenvalue weighted by Crippen LogP contribution is -2.17. The predicted molar refractivity (Wildman–Crippen MR) is 86.3 cm³/mol. The lowest BCUT2D eigenvalue weighted by Gasteiger charge is -2.10. The summed E-state index contributed by atoms with van der Waals surface area (Å²) in [6, 6.07) is 13.2. The molecule has 0 radical (unpaired) electrons. The molecular formula is C15H14BrClN2O. The molecule has 0 saturated carbocycles. The van der Waals surface area contributed by atoms with Crippen LogP contribution in [0.2, 0.25) is 5.02 Å². The number of anilines is 1. The highest BCUT2D eigenvalue weighted by molar-refractivity contribution is 9.10. The lowest BCUT2D eigenvalue weighted by atomic mass is 10.1. The molecule has 0 aliphatic carbocycles. The standard InChI is InChI=1S/C15H14BrClN2O/c1-18-15(20)11-5-6-13(17)14(8-11)19-9-10-3-2-4-12(16)7-10/h2-8,19H,9H2,1H3,(H,18,20). The fraction of sp³-hybridized carbons (Fsp3) is 0.133. The number of carbonyl (C=O) groups excluding carboxylic acids is 1. The molecule has 5 heteroatoms. The first-order valence-corrected chi connectivity index (χ1v) is 7.27. The number of rotatable bonds is 4. The van der Waals surface area contributed by atoms with Crippen molar-refractivity contribution in [2.24, 2.45) is 0 Å². The van der Waals surface area contributed by atoms with Crippen molar-refractivity contribution in [2.45, 2.75) is 6.54 Å². The van der Waals surface area contributed by atoms with E-state index in [1.807, 2.05) is 24.3 Å². The average molecular weight is 354 g/mol. The van der Waals surface area contributed by atoms with Crippen molar-refractivity contribution in [1.29, 1.82) is 0 Å². The van der Waals surface area contributed by atoms with E-state index >= 15 is 0 Å². The third-order valence-corrected chi connectivity index (χ3v) is 3.65. The Morgan fingerprint density at radius 2 is 2.05 bits per heavy atom. The van der Waals surface area contributed by atoms with Gasteiger partial charge in [0.2, 0.25) is 0 Å². The molecule has 0 bridgehead atoms. The maximum atomic E-state index is 11.6. The number of hydrogen-bond donors (Lipinski definition) is 2. The van der Waals surface area contributed by atoms with Gasteiger partial charge in [-0.15, -0.1) is 0 Å². The van der Waals surface area contributed by atoms with Crippen molar-refractivity contribution in [2.75, 3.05) is 12.4 Å². The summed E-state index contributed by atoms with van der Waals surface area (Å²) in [5, 5.41) is 6.43. The minimum absolute atomic E-state index is 0.132. The largest absolute Gasteiger partial charge is 0.380 e.